The number of nitrogens with one attached hydrogen (secondary N) is 1. The first-order valence-corrected chi connectivity index (χ1v) is 7.21. The molecule has 1 saturated carbocycles. The first kappa shape index (κ1) is 12.9. The third kappa shape index (κ3) is 2.47. The first-order valence-electron chi connectivity index (χ1n) is 7.21. The molecular weight excluding hydrogens is 244 g/mol. The highest BCUT2D eigenvalue weighted by atomic mass is 16.2. The molecule has 3 rings (SSSR count). The largest absolute Gasteiger partial charge is 0.336 e. The summed E-state index contributed by atoms with van der Waals surface area (Å²) in [6.07, 6.45) is 3.55. The quantitative estimate of drug-likeness (QED) is 0.712. The van der Waals surface area contributed by atoms with Gasteiger partial charge in [0.25, 0.3) is 0 Å². The maximum absolute atomic E-state index is 12.1. The van der Waals surface area contributed by atoms with Crippen molar-refractivity contribution in [3.63, 3.8) is 0 Å². The average Bonchev–Trinajstić information content (AvgIpc) is 2.95. The number of hydrogen-bond acceptors (Lipinski definition) is 4. The minimum absolute atomic E-state index is 0.0813. The summed E-state index contributed by atoms with van der Waals surface area (Å²) in [4.78, 5) is 27.0. The molecule has 0 bridgehead atoms. The topological polar surface area (TPSA) is 78.7 Å². The molecule has 1 aliphatic carbocycles. The predicted molar refractivity (Wildman–Crippen MR) is 70.4 cm³/mol. The Hall–Kier alpha value is -1.14. The van der Waals surface area contributed by atoms with Crippen LogP contribution in [-0.2, 0) is 4.79 Å². The van der Waals surface area contributed by atoms with Gasteiger partial charge in [-0.05, 0) is 24.7 Å². The molecule has 0 aromatic carbocycles. The van der Waals surface area contributed by atoms with Crippen LogP contribution in [-0.4, -0.2) is 60.5 Å². The number of nitrogens with zero attached hydrogens (tertiary/aromatic N) is 2. The van der Waals surface area contributed by atoms with Gasteiger partial charge in [-0.25, -0.2) is 4.79 Å². The zero-order valence-electron chi connectivity index (χ0n) is 11.2. The standard InChI is InChI=1S/C13H22N4O2/c14-11-3-1-2-9-6-16(7-10(9)11)8-12(18)17-5-4-15-13(17)19/h9-11H,1-8,14H2,(H,15,19). The van der Waals surface area contributed by atoms with Gasteiger partial charge in [0.15, 0.2) is 0 Å². The molecule has 6 nitrogen and oxygen atoms in total. The molecule has 2 saturated heterocycles. The minimum Gasteiger partial charge on any atom is -0.336 e. The summed E-state index contributed by atoms with van der Waals surface area (Å²) in [7, 11) is 0. The van der Waals surface area contributed by atoms with E-state index in [1.807, 2.05) is 0 Å². The van der Waals surface area contributed by atoms with Crippen LogP contribution in [0.4, 0.5) is 4.79 Å². The lowest BCUT2D eigenvalue weighted by molar-refractivity contribution is -0.128. The highest BCUT2D eigenvalue weighted by molar-refractivity contribution is 5.96. The third-order valence-corrected chi connectivity index (χ3v) is 4.75. The Morgan fingerprint density at radius 3 is 2.89 bits per heavy atom. The molecule has 2 aliphatic heterocycles. The molecule has 3 fully saturated rings. The Kier molecular flexibility index (Phi) is 3.45. The summed E-state index contributed by atoms with van der Waals surface area (Å²) < 4.78 is 0. The minimum atomic E-state index is -0.252. The zero-order valence-corrected chi connectivity index (χ0v) is 11.2. The molecule has 0 aromatic heterocycles. The summed E-state index contributed by atoms with van der Waals surface area (Å²) >= 11 is 0. The molecule has 3 N–H and O–H groups in total. The van der Waals surface area contributed by atoms with Crippen molar-refractivity contribution >= 4 is 11.9 Å². The lowest BCUT2D eigenvalue weighted by Crippen LogP contribution is -2.42. The van der Waals surface area contributed by atoms with Crippen molar-refractivity contribution in [2.45, 2.75) is 25.3 Å². The fourth-order valence-electron chi connectivity index (χ4n) is 3.72. The van der Waals surface area contributed by atoms with Crippen LogP contribution in [0.5, 0.6) is 0 Å². The third-order valence-electron chi connectivity index (χ3n) is 4.75. The Morgan fingerprint density at radius 2 is 2.21 bits per heavy atom. The van der Waals surface area contributed by atoms with Crippen LogP contribution in [0.3, 0.4) is 0 Å². The number of rotatable bonds is 2. The molecule has 3 atom stereocenters. The van der Waals surface area contributed by atoms with Gasteiger partial charge >= 0.3 is 6.03 Å². The van der Waals surface area contributed by atoms with Crippen molar-refractivity contribution in [2.24, 2.45) is 17.6 Å². The van der Waals surface area contributed by atoms with Gasteiger partial charge in [0.1, 0.15) is 0 Å². The van der Waals surface area contributed by atoms with Crippen molar-refractivity contribution < 1.29 is 9.59 Å². The second-order valence-electron chi connectivity index (χ2n) is 5.99. The summed E-state index contributed by atoms with van der Waals surface area (Å²) in [5.41, 5.74) is 6.17. The summed E-state index contributed by atoms with van der Waals surface area (Å²) in [5.74, 6) is 1.10. The summed E-state index contributed by atoms with van der Waals surface area (Å²) in [6.45, 7) is 3.29. The lowest BCUT2D eigenvalue weighted by atomic mass is 9.78. The van der Waals surface area contributed by atoms with Gasteiger partial charge in [-0.15, -0.1) is 0 Å². The SMILES string of the molecule is NC1CCCC2CN(CC(=O)N3CCNC3=O)CC12. The molecule has 3 aliphatic rings. The Morgan fingerprint density at radius 1 is 1.37 bits per heavy atom. The van der Waals surface area contributed by atoms with Crippen LogP contribution in [0.25, 0.3) is 0 Å². The number of amides is 3. The van der Waals surface area contributed by atoms with Gasteiger partial charge < -0.3 is 11.1 Å². The van der Waals surface area contributed by atoms with Gasteiger partial charge in [0.05, 0.1) is 6.54 Å². The molecule has 0 spiro atoms. The van der Waals surface area contributed by atoms with Crippen LogP contribution >= 0.6 is 0 Å². The molecule has 6 heteroatoms. The van der Waals surface area contributed by atoms with Crippen LogP contribution in [0.1, 0.15) is 19.3 Å². The number of imide groups is 1. The number of hydrogen-bond donors (Lipinski definition) is 2. The second-order valence-corrected chi connectivity index (χ2v) is 5.99. The smallest absolute Gasteiger partial charge is 0.324 e. The van der Waals surface area contributed by atoms with E-state index >= 15 is 0 Å². The Labute approximate surface area is 113 Å². The number of fused-ring (bicyclic) bond motifs is 1. The molecule has 106 valence electrons. The lowest BCUT2D eigenvalue weighted by Gasteiger charge is -2.29. The highest BCUT2D eigenvalue weighted by Crippen LogP contribution is 2.35. The summed E-state index contributed by atoms with van der Waals surface area (Å²) in [6, 6.07) is 0.0345. The average molecular weight is 266 g/mol. The maximum Gasteiger partial charge on any atom is 0.324 e. The molecule has 0 aromatic rings. The number of urea groups is 1. The van der Waals surface area contributed by atoms with Crippen LogP contribution < -0.4 is 11.1 Å². The van der Waals surface area contributed by atoms with Gasteiger partial charge in [-0.1, -0.05) is 6.42 Å². The maximum atomic E-state index is 12.1. The van der Waals surface area contributed by atoms with E-state index in [9.17, 15) is 9.59 Å². The predicted octanol–water partition coefficient (Wildman–Crippen LogP) is -0.403. The molecule has 19 heavy (non-hydrogen) atoms. The van der Waals surface area contributed by atoms with Crippen molar-refractivity contribution in [1.29, 1.82) is 0 Å². The van der Waals surface area contributed by atoms with Gasteiger partial charge in [-0.2, -0.15) is 0 Å². The second kappa shape index (κ2) is 5.09. The molecular formula is C13H22N4O2. The van der Waals surface area contributed by atoms with Crippen LogP contribution in [0, 0.1) is 11.8 Å². The number of carbonyl (C=O) groups excluding carboxylic acids is 2. The van der Waals surface area contributed by atoms with E-state index in [1.165, 1.54) is 17.7 Å². The fourth-order valence-corrected chi connectivity index (χ4v) is 3.72. The van der Waals surface area contributed by atoms with E-state index in [1.54, 1.807) is 0 Å². The van der Waals surface area contributed by atoms with Crippen molar-refractivity contribution in [3.05, 3.63) is 0 Å². The monoisotopic (exact) mass is 266 g/mol. The van der Waals surface area contributed by atoms with E-state index < -0.39 is 0 Å². The van der Waals surface area contributed by atoms with E-state index in [2.05, 4.69) is 10.2 Å². The van der Waals surface area contributed by atoms with Crippen molar-refractivity contribution in [3.8, 4) is 0 Å². The molecule has 3 unspecified atom stereocenters. The molecule has 2 heterocycles. The van der Waals surface area contributed by atoms with Crippen molar-refractivity contribution in [2.75, 3.05) is 32.7 Å². The normalized spacial score (nSPS) is 35.3. The van der Waals surface area contributed by atoms with Crippen LogP contribution in [0.15, 0.2) is 0 Å². The van der Waals surface area contributed by atoms with E-state index in [-0.39, 0.29) is 18.0 Å². The Balaban J connectivity index is 1.56. The van der Waals surface area contributed by atoms with E-state index in [0.717, 1.165) is 19.5 Å². The van der Waals surface area contributed by atoms with Crippen LogP contribution in [0.2, 0.25) is 0 Å². The van der Waals surface area contributed by atoms with E-state index in [4.69, 9.17) is 5.73 Å². The number of nitrogens with two attached hydrogens (primary N) is 1. The molecule has 3 amide bonds. The molecule has 0 radical (unpaired) electrons. The van der Waals surface area contributed by atoms with Crippen molar-refractivity contribution in [1.82, 2.24) is 15.1 Å². The number of carbonyl (C=O) groups is 2. The van der Waals surface area contributed by atoms with Gasteiger partial charge in [0, 0.05) is 32.2 Å². The first-order chi connectivity index (χ1) is 9.15. The summed E-state index contributed by atoms with van der Waals surface area (Å²) in [5, 5.41) is 2.66. The van der Waals surface area contributed by atoms with Gasteiger partial charge in [0.2, 0.25) is 5.91 Å². The zero-order chi connectivity index (χ0) is 13.4. The Bertz CT molecular complexity index is 387. The fraction of sp³-hybridized carbons (Fsp3) is 0.846. The number of likely N-dealkylation sites (tertiary alicyclic amines) is 1. The van der Waals surface area contributed by atoms with Gasteiger partial charge in [-0.3, -0.25) is 14.6 Å². The van der Waals surface area contributed by atoms with E-state index in [0.29, 0.717) is 31.5 Å². The highest BCUT2D eigenvalue weighted by Gasteiger charge is 2.40.